The molecule has 2 atom stereocenters. The number of aliphatic imine (C=N–C) groups is 1. The normalized spacial score (nSPS) is 20.5. The lowest BCUT2D eigenvalue weighted by atomic mass is 10.1. The molecule has 1 aromatic carbocycles. The van der Waals surface area contributed by atoms with Crippen molar-refractivity contribution in [3.05, 3.63) is 35.4 Å². The Labute approximate surface area is 182 Å². The van der Waals surface area contributed by atoms with Crippen LogP contribution in [0.4, 0.5) is 0 Å². The van der Waals surface area contributed by atoms with Gasteiger partial charge in [0.2, 0.25) is 0 Å². The molecule has 0 bridgehead atoms. The van der Waals surface area contributed by atoms with Gasteiger partial charge in [0.05, 0.1) is 12.2 Å². The van der Waals surface area contributed by atoms with Crippen molar-refractivity contribution in [2.45, 2.75) is 45.6 Å². The first-order valence-corrected chi connectivity index (χ1v) is 11.1. The zero-order chi connectivity index (χ0) is 21.8. The summed E-state index contributed by atoms with van der Waals surface area (Å²) in [4.78, 5) is 9.16. The van der Waals surface area contributed by atoms with Crippen molar-refractivity contribution in [3.8, 4) is 0 Å². The van der Waals surface area contributed by atoms with Crippen LogP contribution in [-0.2, 0) is 22.6 Å². The third kappa shape index (κ3) is 9.00. The van der Waals surface area contributed by atoms with Crippen molar-refractivity contribution in [2.24, 2.45) is 4.99 Å². The lowest BCUT2D eigenvalue weighted by molar-refractivity contribution is -0.0705. The summed E-state index contributed by atoms with van der Waals surface area (Å²) in [5.41, 5.74) is 2.67. The number of rotatable bonds is 11. The summed E-state index contributed by atoms with van der Waals surface area (Å²) in [6, 6.07) is 8.66. The van der Waals surface area contributed by atoms with Crippen molar-refractivity contribution in [2.75, 3.05) is 60.5 Å². The van der Waals surface area contributed by atoms with Crippen LogP contribution in [0.15, 0.2) is 29.3 Å². The van der Waals surface area contributed by atoms with E-state index in [1.54, 1.807) is 7.11 Å². The smallest absolute Gasteiger partial charge is 0.191 e. The molecule has 1 fully saturated rings. The second kappa shape index (κ2) is 13.6. The summed E-state index contributed by atoms with van der Waals surface area (Å²) >= 11 is 0. The molecule has 1 aromatic rings. The number of hydrogen-bond donors (Lipinski definition) is 2. The quantitative estimate of drug-likeness (QED) is 0.325. The van der Waals surface area contributed by atoms with Crippen LogP contribution >= 0.6 is 0 Å². The highest BCUT2D eigenvalue weighted by atomic mass is 16.5. The Kier molecular flexibility index (Phi) is 11.1. The fourth-order valence-electron chi connectivity index (χ4n) is 3.89. The van der Waals surface area contributed by atoms with Crippen LogP contribution in [0.2, 0.25) is 0 Å². The molecule has 1 aliphatic heterocycles. The summed E-state index contributed by atoms with van der Waals surface area (Å²) < 4.78 is 11.0. The van der Waals surface area contributed by atoms with Gasteiger partial charge >= 0.3 is 0 Å². The maximum atomic E-state index is 5.87. The van der Waals surface area contributed by atoms with Gasteiger partial charge in [-0.05, 0) is 38.4 Å². The van der Waals surface area contributed by atoms with E-state index in [1.807, 2.05) is 7.05 Å². The first-order chi connectivity index (χ1) is 14.5. The van der Waals surface area contributed by atoms with Gasteiger partial charge in [-0.25, -0.2) is 0 Å². The number of hydrogen-bond acceptors (Lipinski definition) is 5. The monoisotopic (exact) mass is 419 g/mol. The highest BCUT2D eigenvalue weighted by Crippen LogP contribution is 2.17. The lowest BCUT2D eigenvalue weighted by Gasteiger charge is -2.35. The minimum atomic E-state index is 0.287. The maximum Gasteiger partial charge on any atom is 0.191 e. The van der Waals surface area contributed by atoms with E-state index in [1.165, 1.54) is 11.1 Å². The Balaban J connectivity index is 1.80. The molecule has 0 spiro atoms. The van der Waals surface area contributed by atoms with Gasteiger partial charge in [0, 0.05) is 66.6 Å². The Hall–Kier alpha value is -1.67. The van der Waals surface area contributed by atoms with Crippen molar-refractivity contribution in [1.82, 2.24) is 20.4 Å². The van der Waals surface area contributed by atoms with Crippen molar-refractivity contribution in [1.29, 1.82) is 0 Å². The minimum absolute atomic E-state index is 0.287. The van der Waals surface area contributed by atoms with E-state index in [4.69, 9.17) is 9.47 Å². The van der Waals surface area contributed by atoms with E-state index < -0.39 is 0 Å². The van der Waals surface area contributed by atoms with Gasteiger partial charge in [0.15, 0.2) is 5.96 Å². The third-order valence-corrected chi connectivity index (χ3v) is 5.35. The summed E-state index contributed by atoms with van der Waals surface area (Å²) in [7, 11) is 5.70. The van der Waals surface area contributed by atoms with Crippen LogP contribution < -0.4 is 10.6 Å². The van der Waals surface area contributed by atoms with E-state index in [2.05, 4.69) is 70.6 Å². The molecular formula is C23H41N5O2. The molecule has 0 aromatic heterocycles. The predicted octanol–water partition coefficient (Wildman–Crippen LogP) is 1.93. The van der Waals surface area contributed by atoms with Gasteiger partial charge in [0.25, 0.3) is 0 Å². The van der Waals surface area contributed by atoms with Gasteiger partial charge in [-0.3, -0.25) is 9.89 Å². The molecule has 1 heterocycles. The largest absolute Gasteiger partial charge is 0.385 e. The zero-order valence-corrected chi connectivity index (χ0v) is 19.5. The molecule has 2 N–H and O–H groups in total. The van der Waals surface area contributed by atoms with Crippen LogP contribution in [0.1, 0.15) is 31.4 Å². The Morgan fingerprint density at radius 3 is 2.53 bits per heavy atom. The van der Waals surface area contributed by atoms with Crippen LogP contribution in [0.3, 0.4) is 0 Å². The number of ether oxygens (including phenoxy) is 2. The van der Waals surface area contributed by atoms with Crippen molar-refractivity contribution < 1.29 is 9.47 Å². The molecular weight excluding hydrogens is 378 g/mol. The predicted molar refractivity (Wildman–Crippen MR) is 124 cm³/mol. The van der Waals surface area contributed by atoms with E-state index in [0.717, 1.165) is 64.8 Å². The topological polar surface area (TPSA) is 61.4 Å². The molecule has 1 saturated heterocycles. The summed E-state index contributed by atoms with van der Waals surface area (Å²) in [5, 5.41) is 6.88. The fraction of sp³-hybridized carbons (Fsp3) is 0.696. The van der Waals surface area contributed by atoms with Crippen LogP contribution in [0.5, 0.6) is 0 Å². The average molecular weight is 420 g/mol. The second-order valence-corrected chi connectivity index (χ2v) is 8.22. The average Bonchev–Trinajstić information content (AvgIpc) is 2.71. The van der Waals surface area contributed by atoms with Crippen molar-refractivity contribution >= 4 is 5.96 Å². The molecule has 2 unspecified atom stereocenters. The van der Waals surface area contributed by atoms with Crippen LogP contribution in [-0.4, -0.2) is 88.5 Å². The second-order valence-electron chi connectivity index (χ2n) is 8.22. The first kappa shape index (κ1) is 24.6. The fourth-order valence-corrected chi connectivity index (χ4v) is 3.89. The van der Waals surface area contributed by atoms with Gasteiger partial charge in [0.1, 0.15) is 0 Å². The zero-order valence-electron chi connectivity index (χ0n) is 19.5. The number of benzene rings is 1. The molecule has 170 valence electrons. The number of likely N-dealkylation sites (N-methyl/N-ethyl adjacent to an activating group) is 1. The molecule has 7 nitrogen and oxygen atoms in total. The Morgan fingerprint density at radius 2 is 1.87 bits per heavy atom. The molecule has 0 saturated carbocycles. The summed E-state index contributed by atoms with van der Waals surface area (Å²) in [6.07, 6.45) is 1.63. The number of morpholine rings is 1. The van der Waals surface area contributed by atoms with Crippen LogP contribution in [0, 0.1) is 0 Å². The van der Waals surface area contributed by atoms with E-state index in [0.29, 0.717) is 0 Å². The molecule has 2 rings (SSSR count). The number of nitrogens with zero attached hydrogens (tertiary/aromatic N) is 3. The molecule has 1 aliphatic rings. The number of guanidine groups is 1. The summed E-state index contributed by atoms with van der Waals surface area (Å²) in [5.74, 6) is 0.837. The van der Waals surface area contributed by atoms with E-state index in [-0.39, 0.29) is 12.2 Å². The third-order valence-electron chi connectivity index (χ3n) is 5.35. The molecule has 0 aliphatic carbocycles. The highest BCUT2D eigenvalue weighted by molar-refractivity contribution is 5.79. The molecule has 0 radical (unpaired) electrons. The molecule has 7 heteroatoms. The van der Waals surface area contributed by atoms with Gasteiger partial charge in [-0.2, -0.15) is 0 Å². The highest BCUT2D eigenvalue weighted by Gasteiger charge is 2.22. The van der Waals surface area contributed by atoms with Gasteiger partial charge < -0.3 is 25.0 Å². The SMILES string of the molecule is CN=C(NCCN(C)CCCOC)NCc1ccccc1CN1CC(C)OC(C)C1. The maximum absolute atomic E-state index is 5.87. The van der Waals surface area contributed by atoms with Crippen LogP contribution in [0.25, 0.3) is 0 Å². The molecule has 30 heavy (non-hydrogen) atoms. The Bertz CT molecular complexity index is 630. The lowest BCUT2D eigenvalue weighted by Crippen LogP contribution is -2.45. The molecule has 0 amide bonds. The number of nitrogens with one attached hydrogen (secondary N) is 2. The first-order valence-electron chi connectivity index (χ1n) is 11.1. The van der Waals surface area contributed by atoms with E-state index >= 15 is 0 Å². The van der Waals surface area contributed by atoms with Crippen molar-refractivity contribution in [3.63, 3.8) is 0 Å². The van der Waals surface area contributed by atoms with E-state index in [9.17, 15) is 0 Å². The standard InChI is InChI=1S/C23H41N5O2/c1-19-16-28(17-20(2)30-19)18-22-10-7-6-9-21(22)15-26-23(24-3)25-11-13-27(4)12-8-14-29-5/h6-7,9-10,19-20H,8,11-18H2,1-5H3,(H2,24,25,26). The minimum Gasteiger partial charge on any atom is -0.385 e. The Morgan fingerprint density at radius 1 is 1.17 bits per heavy atom. The van der Waals surface area contributed by atoms with Gasteiger partial charge in [-0.15, -0.1) is 0 Å². The number of methoxy groups -OCH3 is 1. The summed E-state index contributed by atoms with van der Waals surface area (Å²) in [6.45, 7) is 11.6. The van der Waals surface area contributed by atoms with Gasteiger partial charge in [-0.1, -0.05) is 24.3 Å².